The monoisotopic (exact) mass is 422 g/mol. The molecule has 0 heterocycles. The van der Waals surface area contributed by atoms with Crippen LogP contribution in [0.4, 0.5) is 11.4 Å². The summed E-state index contributed by atoms with van der Waals surface area (Å²) in [6.45, 7) is 2.13. The van der Waals surface area contributed by atoms with E-state index in [1.54, 1.807) is 6.07 Å². The number of phenolic OH excluding ortho intramolecular Hbond substituents is 2. The van der Waals surface area contributed by atoms with Crippen molar-refractivity contribution < 1.29 is 22.1 Å². The normalized spacial score (nSPS) is 12.0. The fourth-order valence-electron chi connectivity index (χ4n) is 2.46. The van der Waals surface area contributed by atoms with Crippen LogP contribution in [0.15, 0.2) is 46.6 Å². The molecule has 0 aliphatic rings. The molecule has 0 saturated heterocycles. The Hall–Kier alpha value is -2.08. The van der Waals surface area contributed by atoms with E-state index in [0.29, 0.717) is 17.7 Å². The number of hydrogen-bond acceptors (Lipinski definition) is 5. The van der Waals surface area contributed by atoms with Crippen molar-refractivity contribution in [2.45, 2.75) is 39.0 Å². The van der Waals surface area contributed by atoms with Gasteiger partial charge in [0.05, 0.1) is 0 Å². The van der Waals surface area contributed by atoms with Crippen LogP contribution in [0.1, 0.15) is 38.2 Å². The first-order chi connectivity index (χ1) is 12.3. The van der Waals surface area contributed by atoms with Gasteiger partial charge in [-0.15, -0.1) is 0 Å². The number of aromatic hydroxyl groups is 2. The molecule has 140 valence electrons. The fourth-order valence-corrected chi connectivity index (χ4v) is 3.58. The number of nitrogens with zero attached hydrogens (tertiary/aromatic N) is 2. The summed E-state index contributed by atoms with van der Waals surface area (Å²) < 4.78 is 29.5. The second-order valence-electron chi connectivity index (χ2n) is 6.04. The Bertz CT molecular complexity index is 815. The van der Waals surface area contributed by atoms with Crippen molar-refractivity contribution in [2.24, 2.45) is 10.2 Å². The van der Waals surface area contributed by atoms with Gasteiger partial charge < -0.3 is 0 Å². The third kappa shape index (κ3) is 5.73. The van der Waals surface area contributed by atoms with Crippen LogP contribution in [-0.4, -0.2) is 32.6 Å². The van der Waals surface area contributed by atoms with Crippen LogP contribution in [0, 0.1) is 0 Å². The second kappa shape index (κ2) is 9.03. The Morgan fingerprint density at radius 3 is 2.23 bits per heavy atom. The molecule has 7 nitrogen and oxygen atoms in total. The Kier molecular flexibility index (Phi) is 7.03. The van der Waals surface area contributed by atoms with Crippen LogP contribution in [0.3, 0.4) is 0 Å². The number of azo groups is 1. The molecular weight excluding hydrogens is 399 g/mol. The third-order valence-corrected chi connectivity index (χ3v) is 5.97. The maximum absolute atomic E-state index is 11.2. The summed E-state index contributed by atoms with van der Waals surface area (Å²) in [5.41, 5.74) is 1.33. The minimum absolute atomic E-state index is 0.0334. The molecule has 26 heavy (non-hydrogen) atoms. The Balaban J connectivity index is 2.14. The molecule has 0 aromatic heterocycles. The van der Waals surface area contributed by atoms with Crippen molar-refractivity contribution in [1.29, 1.82) is 0 Å². The number of aryl methyl sites for hydroxylation is 1. The molecule has 0 aliphatic carbocycles. The van der Waals surface area contributed by atoms with Crippen molar-refractivity contribution >= 4 is 29.9 Å². The molecule has 0 atom stereocenters. The Labute approximate surface area is 155 Å². The molecule has 0 bridgehead atoms. The Morgan fingerprint density at radius 2 is 1.62 bits per heavy atom. The summed E-state index contributed by atoms with van der Waals surface area (Å²) in [4.78, 5) is 0. The average molecular weight is 422 g/mol. The van der Waals surface area contributed by atoms with E-state index in [9.17, 15) is 14.0 Å². The quantitative estimate of drug-likeness (QED) is 0.296. The molecule has 2 aromatic carbocycles. The van der Waals surface area contributed by atoms with Gasteiger partial charge in [-0.1, -0.05) is 19.8 Å². The molecule has 8 heteroatoms. The SMILES string of the molecule is CCCCCCc1cc(N=Nc2ccc([As](=O)(O)O)cc2)c(O)cc1O. The number of unbranched alkanes of at least 4 members (excludes halogenated alkanes) is 3. The van der Waals surface area contributed by atoms with Gasteiger partial charge in [-0.05, 0) is 0 Å². The van der Waals surface area contributed by atoms with E-state index >= 15 is 0 Å². The van der Waals surface area contributed by atoms with Gasteiger partial charge in [0.25, 0.3) is 0 Å². The summed E-state index contributed by atoms with van der Waals surface area (Å²) in [6.07, 6.45) is 4.96. The molecule has 0 unspecified atom stereocenters. The van der Waals surface area contributed by atoms with Crippen LogP contribution in [0.2, 0.25) is 0 Å². The van der Waals surface area contributed by atoms with Crippen molar-refractivity contribution in [3.05, 3.63) is 42.0 Å². The Morgan fingerprint density at radius 1 is 0.923 bits per heavy atom. The van der Waals surface area contributed by atoms with Crippen molar-refractivity contribution in [3.8, 4) is 11.5 Å². The van der Waals surface area contributed by atoms with E-state index in [1.807, 2.05) is 0 Å². The van der Waals surface area contributed by atoms with Gasteiger partial charge in [-0.3, -0.25) is 0 Å². The summed E-state index contributed by atoms with van der Waals surface area (Å²) in [5, 5.41) is 27.9. The van der Waals surface area contributed by atoms with E-state index in [0.717, 1.165) is 25.7 Å². The first-order valence-corrected chi connectivity index (χ1v) is 11.8. The molecule has 4 N–H and O–H groups in total. The number of phenols is 2. The van der Waals surface area contributed by atoms with Gasteiger partial charge in [-0.25, -0.2) is 0 Å². The molecule has 2 aromatic rings. The molecule has 0 aliphatic heterocycles. The van der Waals surface area contributed by atoms with E-state index in [1.165, 1.54) is 30.3 Å². The number of rotatable bonds is 8. The first-order valence-electron chi connectivity index (χ1n) is 8.44. The van der Waals surface area contributed by atoms with Crippen molar-refractivity contribution in [3.63, 3.8) is 0 Å². The van der Waals surface area contributed by atoms with Crippen LogP contribution in [-0.2, 0) is 10.2 Å². The zero-order valence-electron chi connectivity index (χ0n) is 14.5. The molecule has 0 saturated carbocycles. The number of benzene rings is 2. The predicted molar refractivity (Wildman–Crippen MR) is 98.7 cm³/mol. The fraction of sp³-hybridized carbons (Fsp3) is 0.333. The minimum atomic E-state index is -4.91. The van der Waals surface area contributed by atoms with Crippen molar-refractivity contribution in [1.82, 2.24) is 0 Å². The van der Waals surface area contributed by atoms with Gasteiger partial charge in [0, 0.05) is 0 Å². The van der Waals surface area contributed by atoms with Gasteiger partial charge in [0.1, 0.15) is 0 Å². The molecule has 0 amide bonds. The van der Waals surface area contributed by atoms with Crippen LogP contribution < -0.4 is 4.35 Å². The van der Waals surface area contributed by atoms with Gasteiger partial charge >= 0.3 is 135 Å². The van der Waals surface area contributed by atoms with Crippen LogP contribution in [0.25, 0.3) is 0 Å². The molecule has 2 rings (SSSR count). The third-order valence-electron chi connectivity index (χ3n) is 3.93. The zero-order valence-corrected chi connectivity index (χ0v) is 16.4. The van der Waals surface area contributed by atoms with E-state index in [4.69, 9.17) is 8.19 Å². The maximum atomic E-state index is 11.2. The molecular formula is C18H23AsN2O5. The zero-order chi connectivity index (χ0) is 19.2. The average Bonchev–Trinajstić information content (AvgIpc) is 2.59. The van der Waals surface area contributed by atoms with Crippen molar-refractivity contribution in [2.75, 3.05) is 0 Å². The first kappa shape index (κ1) is 20.2. The molecule has 0 fully saturated rings. The summed E-state index contributed by atoms with van der Waals surface area (Å²) >= 11 is -4.91. The van der Waals surface area contributed by atoms with Gasteiger partial charge in [0.15, 0.2) is 0 Å². The van der Waals surface area contributed by atoms with Gasteiger partial charge in [0.2, 0.25) is 0 Å². The summed E-state index contributed by atoms with van der Waals surface area (Å²) in [7, 11) is 0. The summed E-state index contributed by atoms with van der Waals surface area (Å²) in [6, 6.07) is 8.37. The molecule has 0 radical (unpaired) electrons. The standard InChI is InChI=1S/C18H23AsN2O5/c1-2-3-4-5-6-13-11-16(18(23)12-17(13)22)21-20-15-9-7-14(8-10-15)19(24,25)26/h7-12,22-23H,2-6H2,1H3,(H2,24,25,26). The van der Waals surface area contributed by atoms with E-state index < -0.39 is 14.2 Å². The van der Waals surface area contributed by atoms with Crippen LogP contribution in [0.5, 0.6) is 11.5 Å². The van der Waals surface area contributed by atoms with E-state index in [2.05, 4.69) is 17.2 Å². The van der Waals surface area contributed by atoms with Crippen LogP contribution >= 0.6 is 0 Å². The van der Waals surface area contributed by atoms with E-state index in [-0.39, 0.29) is 21.5 Å². The molecule has 0 spiro atoms. The summed E-state index contributed by atoms with van der Waals surface area (Å²) in [5.74, 6) is -0.148. The predicted octanol–water partition coefficient (Wildman–Crippen LogP) is 3.20. The van der Waals surface area contributed by atoms with Gasteiger partial charge in [-0.2, -0.15) is 0 Å². The second-order valence-corrected chi connectivity index (χ2v) is 9.41. The topological polar surface area (TPSA) is 123 Å². The number of hydrogen-bond donors (Lipinski definition) is 4.